The first-order valence-corrected chi connectivity index (χ1v) is 8.45. The number of aryl methyl sites for hydroxylation is 2. The molecule has 0 spiro atoms. The highest BCUT2D eigenvalue weighted by atomic mass is 127. The lowest BCUT2D eigenvalue weighted by atomic mass is 9.97. The van der Waals surface area contributed by atoms with E-state index in [1.165, 1.54) is 19.4 Å². The zero-order chi connectivity index (χ0) is 20.1. The van der Waals surface area contributed by atoms with Crippen molar-refractivity contribution in [1.82, 2.24) is 30.0 Å². The molecule has 0 fully saturated rings. The van der Waals surface area contributed by atoms with E-state index < -0.39 is 24.0 Å². The molecule has 0 aliphatic rings. The summed E-state index contributed by atoms with van der Waals surface area (Å²) in [5.41, 5.74) is -2.20. The highest BCUT2D eigenvalue weighted by molar-refractivity contribution is 14.0. The lowest BCUT2D eigenvalue weighted by Crippen LogP contribution is -2.47. The van der Waals surface area contributed by atoms with Crippen LogP contribution < -0.4 is 10.6 Å². The van der Waals surface area contributed by atoms with Crippen LogP contribution in [-0.4, -0.2) is 49.7 Å². The molecule has 0 radical (unpaired) electrons. The van der Waals surface area contributed by atoms with Gasteiger partial charge >= 0.3 is 6.18 Å². The fourth-order valence-electron chi connectivity index (χ4n) is 2.56. The number of rotatable bonds is 7. The van der Waals surface area contributed by atoms with E-state index in [0.29, 0.717) is 19.0 Å². The fourth-order valence-corrected chi connectivity index (χ4v) is 2.56. The molecule has 158 valence electrons. The molecule has 1 atom stereocenters. The summed E-state index contributed by atoms with van der Waals surface area (Å²) >= 11 is 0. The van der Waals surface area contributed by atoms with Gasteiger partial charge in [0.1, 0.15) is 5.82 Å². The molecule has 2 rings (SSSR count). The van der Waals surface area contributed by atoms with Crippen LogP contribution in [0.15, 0.2) is 29.6 Å². The molecule has 0 bridgehead atoms. The van der Waals surface area contributed by atoms with E-state index in [1.54, 1.807) is 24.0 Å². The van der Waals surface area contributed by atoms with Gasteiger partial charge < -0.3 is 20.3 Å². The molecule has 0 amide bonds. The van der Waals surface area contributed by atoms with E-state index in [4.69, 9.17) is 0 Å². The molecule has 12 heteroatoms. The third kappa shape index (κ3) is 5.59. The Bertz CT molecular complexity index is 774. The van der Waals surface area contributed by atoms with Crippen molar-refractivity contribution in [3.05, 3.63) is 36.2 Å². The Morgan fingerprint density at radius 2 is 1.96 bits per heavy atom. The number of halogens is 4. The Morgan fingerprint density at radius 1 is 1.25 bits per heavy atom. The van der Waals surface area contributed by atoms with Gasteiger partial charge in [0.05, 0.1) is 12.2 Å². The second kappa shape index (κ2) is 10.1. The van der Waals surface area contributed by atoms with E-state index in [-0.39, 0.29) is 30.5 Å². The second-order valence-electron chi connectivity index (χ2n) is 6.04. The molecule has 28 heavy (non-hydrogen) atoms. The smallest absolute Gasteiger partial charge is 0.374 e. The Labute approximate surface area is 178 Å². The molecule has 3 N–H and O–H groups in total. The van der Waals surface area contributed by atoms with Crippen molar-refractivity contribution in [2.45, 2.75) is 31.7 Å². The summed E-state index contributed by atoms with van der Waals surface area (Å²) in [6, 6.07) is 1.80. The average molecular weight is 515 g/mol. The maximum Gasteiger partial charge on any atom is 0.424 e. The molecule has 2 aromatic heterocycles. The first-order valence-electron chi connectivity index (χ1n) is 8.45. The van der Waals surface area contributed by atoms with Crippen molar-refractivity contribution in [2.24, 2.45) is 19.1 Å². The Morgan fingerprint density at radius 3 is 2.46 bits per heavy atom. The van der Waals surface area contributed by atoms with Crippen molar-refractivity contribution in [3.63, 3.8) is 0 Å². The largest absolute Gasteiger partial charge is 0.424 e. The molecule has 0 saturated carbocycles. The molecule has 0 aliphatic heterocycles. The minimum absolute atomic E-state index is 0. The van der Waals surface area contributed by atoms with Crippen molar-refractivity contribution in [1.29, 1.82) is 0 Å². The van der Waals surface area contributed by atoms with E-state index in [9.17, 15) is 18.3 Å². The lowest BCUT2D eigenvalue weighted by Gasteiger charge is -2.30. The SMILES string of the molecule is CCNC(=NCc1ccnn1C)NCCC(O)(c1nccn1C)C(F)(F)F.I. The number of aromatic nitrogens is 4. The average Bonchev–Trinajstić information content (AvgIpc) is 3.19. The maximum atomic E-state index is 13.5. The van der Waals surface area contributed by atoms with Crippen LogP contribution >= 0.6 is 24.0 Å². The van der Waals surface area contributed by atoms with Crippen LogP contribution in [0.3, 0.4) is 0 Å². The number of nitrogens with zero attached hydrogens (tertiary/aromatic N) is 5. The fraction of sp³-hybridized carbons (Fsp3) is 0.562. The summed E-state index contributed by atoms with van der Waals surface area (Å²) < 4.78 is 43.4. The zero-order valence-electron chi connectivity index (χ0n) is 15.9. The van der Waals surface area contributed by atoms with Crippen LogP contribution in [0.5, 0.6) is 0 Å². The number of guanidine groups is 1. The summed E-state index contributed by atoms with van der Waals surface area (Å²) in [5, 5.41) is 20.2. The predicted molar refractivity (Wildman–Crippen MR) is 109 cm³/mol. The number of hydrogen-bond donors (Lipinski definition) is 3. The molecule has 2 heterocycles. The second-order valence-corrected chi connectivity index (χ2v) is 6.04. The molecular formula is C16H25F3IN7O. The van der Waals surface area contributed by atoms with Crippen molar-refractivity contribution >= 4 is 29.9 Å². The van der Waals surface area contributed by atoms with E-state index >= 15 is 0 Å². The van der Waals surface area contributed by atoms with Gasteiger partial charge in [0, 0.05) is 52.2 Å². The Kier molecular flexibility index (Phi) is 8.73. The highest BCUT2D eigenvalue weighted by Gasteiger charge is 2.57. The van der Waals surface area contributed by atoms with Crippen LogP contribution in [0.4, 0.5) is 13.2 Å². The van der Waals surface area contributed by atoms with Crippen LogP contribution in [-0.2, 0) is 26.2 Å². The summed E-state index contributed by atoms with van der Waals surface area (Å²) in [5.74, 6) is -0.100. The van der Waals surface area contributed by atoms with E-state index in [2.05, 4.69) is 25.7 Å². The van der Waals surface area contributed by atoms with E-state index in [0.717, 1.165) is 10.3 Å². The van der Waals surface area contributed by atoms with Crippen molar-refractivity contribution in [3.8, 4) is 0 Å². The number of aliphatic imine (C=N–C) groups is 1. The number of nitrogens with one attached hydrogen (secondary N) is 2. The number of aliphatic hydroxyl groups is 1. The molecule has 0 saturated heterocycles. The van der Waals surface area contributed by atoms with Gasteiger partial charge in [-0.1, -0.05) is 0 Å². The van der Waals surface area contributed by atoms with E-state index in [1.807, 2.05) is 6.92 Å². The molecule has 1 unspecified atom stereocenters. The third-order valence-corrected chi connectivity index (χ3v) is 4.11. The normalized spacial score (nSPS) is 14.3. The minimum atomic E-state index is -4.86. The van der Waals surface area contributed by atoms with Gasteiger partial charge in [0.25, 0.3) is 0 Å². The standard InChI is InChI=1S/C16H24F3N7O.HI/c1-4-20-14(23-11-12-5-7-24-26(12)3)22-8-6-15(27,16(17,18)19)13-21-9-10-25(13)2;/h5,7,9-10,27H,4,6,8,11H2,1-3H3,(H2,20,22,23);1H. The summed E-state index contributed by atoms with van der Waals surface area (Å²) in [7, 11) is 3.19. The topological polar surface area (TPSA) is 92.3 Å². The molecule has 0 aromatic carbocycles. The number of hydrogen-bond acceptors (Lipinski definition) is 4. The quantitative estimate of drug-likeness (QED) is 0.297. The Hall–Kier alpha value is -1.83. The number of alkyl halides is 3. The Balaban J connectivity index is 0.00000392. The van der Waals surface area contributed by atoms with Gasteiger partial charge in [-0.2, -0.15) is 18.3 Å². The van der Waals surface area contributed by atoms with Gasteiger partial charge in [-0.25, -0.2) is 9.98 Å². The van der Waals surface area contributed by atoms with Crippen molar-refractivity contribution < 1.29 is 18.3 Å². The summed E-state index contributed by atoms with van der Waals surface area (Å²) in [6.45, 7) is 2.55. The van der Waals surface area contributed by atoms with Gasteiger partial charge in [0.2, 0.25) is 5.60 Å². The van der Waals surface area contributed by atoms with Gasteiger partial charge in [-0.15, -0.1) is 24.0 Å². The molecule has 8 nitrogen and oxygen atoms in total. The maximum absolute atomic E-state index is 13.5. The van der Waals surface area contributed by atoms with Gasteiger partial charge in [-0.3, -0.25) is 4.68 Å². The van der Waals surface area contributed by atoms with Gasteiger partial charge in [0.15, 0.2) is 5.96 Å². The number of imidazole rings is 1. The monoisotopic (exact) mass is 515 g/mol. The zero-order valence-corrected chi connectivity index (χ0v) is 18.2. The molecule has 0 aliphatic carbocycles. The van der Waals surface area contributed by atoms with Crippen molar-refractivity contribution in [2.75, 3.05) is 13.1 Å². The third-order valence-electron chi connectivity index (χ3n) is 4.11. The van der Waals surface area contributed by atoms with Crippen LogP contribution in [0.25, 0.3) is 0 Å². The first-order chi connectivity index (χ1) is 12.7. The highest BCUT2D eigenvalue weighted by Crippen LogP contribution is 2.40. The molecular weight excluding hydrogens is 490 g/mol. The summed E-state index contributed by atoms with van der Waals surface area (Å²) in [6.07, 6.45) is -1.26. The van der Waals surface area contributed by atoms with Gasteiger partial charge in [-0.05, 0) is 13.0 Å². The van der Waals surface area contributed by atoms with Crippen LogP contribution in [0.1, 0.15) is 24.9 Å². The van der Waals surface area contributed by atoms with Crippen LogP contribution in [0, 0.1) is 0 Å². The minimum Gasteiger partial charge on any atom is -0.374 e. The molecule has 2 aromatic rings. The summed E-state index contributed by atoms with van der Waals surface area (Å²) in [4.78, 5) is 8.01. The first kappa shape index (κ1) is 24.2. The lowest BCUT2D eigenvalue weighted by molar-refractivity contribution is -0.272. The predicted octanol–water partition coefficient (Wildman–Crippen LogP) is 1.67. The van der Waals surface area contributed by atoms with Crippen LogP contribution in [0.2, 0.25) is 0 Å².